The van der Waals surface area contributed by atoms with Gasteiger partial charge in [0.2, 0.25) is 5.91 Å². The lowest BCUT2D eigenvalue weighted by atomic mass is 9.99. The molecule has 2 unspecified atom stereocenters. The number of pyridine rings is 1. The van der Waals surface area contributed by atoms with E-state index in [9.17, 15) is 22.4 Å². The van der Waals surface area contributed by atoms with Crippen molar-refractivity contribution in [2.24, 2.45) is 5.92 Å². The van der Waals surface area contributed by atoms with Gasteiger partial charge in [-0.3, -0.25) is 9.78 Å². The predicted molar refractivity (Wildman–Crippen MR) is 122 cm³/mol. The highest BCUT2D eigenvalue weighted by Gasteiger charge is 2.47. The Balaban J connectivity index is 1.47. The van der Waals surface area contributed by atoms with Crippen molar-refractivity contribution in [1.82, 2.24) is 9.88 Å². The second kappa shape index (κ2) is 9.70. The minimum absolute atomic E-state index is 0.0734. The van der Waals surface area contributed by atoms with Crippen molar-refractivity contribution in [1.29, 1.82) is 0 Å². The van der Waals surface area contributed by atoms with E-state index in [1.165, 1.54) is 31.4 Å². The molecule has 0 saturated carbocycles. The van der Waals surface area contributed by atoms with E-state index in [0.717, 1.165) is 22.0 Å². The molecule has 0 radical (unpaired) electrons. The zero-order valence-electron chi connectivity index (χ0n) is 18.0. The average Bonchev–Trinajstić information content (AvgIpc) is 3.20. The molecule has 1 saturated heterocycles. The maximum atomic E-state index is 14.2. The third-order valence-electron chi connectivity index (χ3n) is 6.26. The van der Waals surface area contributed by atoms with Crippen LogP contribution in [-0.2, 0) is 17.6 Å². The molecule has 2 heterocycles. The summed E-state index contributed by atoms with van der Waals surface area (Å²) in [5, 5.41) is 3.28. The van der Waals surface area contributed by atoms with Gasteiger partial charge in [0.05, 0.1) is 22.6 Å². The fourth-order valence-electron chi connectivity index (χ4n) is 4.56. The van der Waals surface area contributed by atoms with E-state index in [-0.39, 0.29) is 22.7 Å². The number of fused-ring (bicyclic) bond motifs is 1. The number of benzene rings is 1. The van der Waals surface area contributed by atoms with E-state index in [1.807, 2.05) is 0 Å². The van der Waals surface area contributed by atoms with Gasteiger partial charge in [0.25, 0.3) is 0 Å². The molecule has 1 aromatic heterocycles. The van der Waals surface area contributed by atoms with Crippen LogP contribution >= 0.6 is 23.4 Å². The molecule has 33 heavy (non-hydrogen) atoms. The normalized spacial score (nSPS) is 19.8. The van der Waals surface area contributed by atoms with Crippen LogP contribution in [0.3, 0.4) is 0 Å². The van der Waals surface area contributed by atoms with E-state index < -0.39 is 23.9 Å². The summed E-state index contributed by atoms with van der Waals surface area (Å²) in [5.74, 6) is 0.247. The summed E-state index contributed by atoms with van der Waals surface area (Å²) in [5.41, 5.74) is 1.71. The van der Waals surface area contributed by atoms with Crippen LogP contribution in [0.2, 0.25) is 5.02 Å². The minimum Gasteiger partial charge on any atom is -0.380 e. The number of hydrogen-bond acceptors (Lipinski definition) is 4. The van der Waals surface area contributed by atoms with Crippen molar-refractivity contribution in [2.45, 2.75) is 43.9 Å². The van der Waals surface area contributed by atoms with E-state index in [0.29, 0.717) is 36.9 Å². The lowest BCUT2D eigenvalue weighted by molar-refractivity contribution is -0.191. The van der Waals surface area contributed by atoms with Gasteiger partial charge in [-0.2, -0.15) is 24.9 Å². The molecule has 0 bridgehead atoms. The number of hydrogen-bond donors (Lipinski definition) is 1. The van der Waals surface area contributed by atoms with Crippen molar-refractivity contribution in [3.8, 4) is 0 Å². The summed E-state index contributed by atoms with van der Waals surface area (Å²) >= 11 is 7.57. The Hall–Kier alpha value is -2.00. The molecule has 178 valence electrons. The average molecular weight is 502 g/mol. The first-order chi connectivity index (χ1) is 15.6. The first-order valence-corrected chi connectivity index (χ1v) is 12.3. The first-order valence-electron chi connectivity index (χ1n) is 10.7. The number of nitrogens with one attached hydrogen (secondary N) is 1. The molecule has 1 amide bonds. The highest BCUT2D eigenvalue weighted by Crippen LogP contribution is 2.38. The second-order valence-electron chi connectivity index (χ2n) is 8.50. The molecule has 1 aliphatic carbocycles. The molecular formula is C23H24ClF4N3OS. The van der Waals surface area contributed by atoms with Crippen molar-refractivity contribution in [2.75, 3.05) is 23.9 Å². The number of carbonyl (C=O) groups excluding carboxylic acids is 1. The Morgan fingerprint density at radius 2 is 1.94 bits per heavy atom. The number of amides is 1. The quantitative estimate of drug-likeness (QED) is 0.537. The van der Waals surface area contributed by atoms with Gasteiger partial charge in [0, 0.05) is 19.0 Å². The van der Waals surface area contributed by atoms with Gasteiger partial charge in [-0.15, -0.1) is 0 Å². The van der Waals surface area contributed by atoms with Crippen molar-refractivity contribution >= 4 is 35.0 Å². The van der Waals surface area contributed by atoms with Gasteiger partial charge in [-0.25, -0.2) is 4.39 Å². The fraction of sp³-hybridized carbons (Fsp3) is 0.478. The summed E-state index contributed by atoms with van der Waals surface area (Å²) in [6.07, 6.45) is -1.15. The van der Waals surface area contributed by atoms with E-state index in [1.54, 1.807) is 17.8 Å². The molecule has 2 aliphatic rings. The van der Waals surface area contributed by atoms with Gasteiger partial charge in [-0.05, 0) is 66.5 Å². The van der Waals surface area contributed by atoms with Gasteiger partial charge in [0.1, 0.15) is 5.82 Å². The lowest BCUT2D eigenvalue weighted by Crippen LogP contribution is -2.43. The summed E-state index contributed by atoms with van der Waals surface area (Å²) < 4.78 is 56.0. The molecule has 1 N–H and O–H groups in total. The first kappa shape index (κ1) is 24.1. The van der Waals surface area contributed by atoms with Crippen molar-refractivity contribution < 1.29 is 22.4 Å². The SMILES string of the molecule is CN(C(=O)C1CCSCC1)C(c1ccc(NC2Cc3ccc(Cl)c(F)c3C2)cn1)C(F)(F)F. The molecule has 1 aliphatic heterocycles. The minimum atomic E-state index is -4.65. The molecule has 2 aromatic rings. The number of rotatable bonds is 5. The Kier molecular flexibility index (Phi) is 7.09. The third kappa shape index (κ3) is 5.24. The van der Waals surface area contributed by atoms with Crippen LogP contribution in [0.25, 0.3) is 0 Å². The van der Waals surface area contributed by atoms with Gasteiger partial charge in [-0.1, -0.05) is 17.7 Å². The number of halogens is 5. The van der Waals surface area contributed by atoms with E-state index >= 15 is 0 Å². The topological polar surface area (TPSA) is 45.2 Å². The largest absolute Gasteiger partial charge is 0.414 e. The zero-order valence-corrected chi connectivity index (χ0v) is 19.5. The number of aromatic nitrogens is 1. The van der Waals surface area contributed by atoms with Crippen LogP contribution in [0.4, 0.5) is 23.2 Å². The van der Waals surface area contributed by atoms with Gasteiger partial charge < -0.3 is 10.2 Å². The van der Waals surface area contributed by atoms with Crippen molar-refractivity contribution in [3.63, 3.8) is 0 Å². The highest BCUT2D eigenvalue weighted by molar-refractivity contribution is 7.99. The van der Waals surface area contributed by atoms with Gasteiger partial charge in [0.15, 0.2) is 6.04 Å². The Morgan fingerprint density at radius 3 is 2.58 bits per heavy atom. The second-order valence-corrected chi connectivity index (χ2v) is 10.1. The molecule has 0 spiro atoms. The maximum Gasteiger partial charge on any atom is 0.414 e. The smallest absolute Gasteiger partial charge is 0.380 e. The maximum absolute atomic E-state index is 14.2. The van der Waals surface area contributed by atoms with Crippen LogP contribution in [0.15, 0.2) is 30.5 Å². The number of anilines is 1. The molecule has 1 aromatic carbocycles. The fourth-order valence-corrected chi connectivity index (χ4v) is 5.85. The van der Waals surface area contributed by atoms with Crippen LogP contribution in [-0.4, -0.2) is 46.6 Å². The molecule has 2 atom stereocenters. The zero-order chi connectivity index (χ0) is 23.8. The summed E-state index contributed by atoms with van der Waals surface area (Å²) in [7, 11) is 1.20. The molecule has 10 heteroatoms. The van der Waals surface area contributed by atoms with Crippen LogP contribution in [0.5, 0.6) is 0 Å². The molecule has 4 rings (SSSR count). The summed E-state index contributed by atoms with van der Waals surface area (Å²) in [6, 6.07) is 3.89. The number of carbonyl (C=O) groups is 1. The number of thioether (sulfide) groups is 1. The van der Waals surface area contributed by atoms with E-state index in [4.69, 9.17) is 11.6 Å². The van der Waals surface area contributed by atoms with Gasteiger partial charge >= 0.3 is 6.18 Å². The van der Waals surface area contributed by atoms with E-state index in [2.05, 4.69) is 10.3 Å². The van der Waals surface area contributed by atoms with Crippen LogP contribution in [0, 0.1) is 11.7 Å². The molecule has 1 fully saturated rings. The van der Waals surface area contributed by atoms with Crippen LogP contribution < -0.4 is 5.32 Å². The predicted octanol–water partition coefficient (Wildman–Crippen LogP) is 5.66. The summed E-state index contributed by atoms with van der Waals surface area (Å²) in [6.45, 7) is 0. The lowest BCUT2D eigenvalue weighted by Gasteiger charge is -2.33. The van der Waals surface area contributed by atoms with Crippen molar-refractivity contribution in [3.05, 3.63) is 58.1 Å². The third-order valence-corrected chi connectivity index (χ3v) is 7.60. The molecule has 4 nitrogen and oxygen atoms in total. The monoisotopic (exact) mass is 501 g/mol. The Morgan fingerprint density at radius 1 is 1.21 bits per heavy atom. The summed E-state index contributed by atoms with van der Waals surface area (Å²) in [4.78, 5) is 17.6. The van der Waals surface area contributed by atoms with Crippen LogP contribution in [0.1, 0.15) is 35.7 Å². The number of alkyl halides is 3. The molecular weight excluding hydrogens is 478 g/mol. The highest BCUT2D eigenvalue weighted by atomic mass is 35.5. The Bertz CT molecular complexity index is 1010. The standard InChI is InChI=1S/C23H24ClF4N3OS/c1-31(22(32)13-6-8-33-9-7-13)21(23(26,27)28)19-5-3-15(12-29-19)30-16-10-14-2-4-18(24)20(25)17(14)11-16/h2-5,12-13,16,21,30H,6-11H2,1H3. The number of nitrogens with zero attached hydrogens (tertiary/aromatic N) is 2. The Labute approximate surface area is 199 Å².